The van der Waals surface area contributed by atoms with E-state index in [1.807, 2.05) is 0 Å². The van der Waals surface area contributed by atoms with Crippen LogP contribution in [0.1, 0.15) is 39.5 Å². The molecule has 1 heterocycles. The molecular weight excluding hydrogens is 190 g/mol. The molecule has 0 saturated carbocycles. The van der Waals surface area contributed by atoms with E-state index in [1.54, 1.807) is 0 Å². The zero-order valence-corrected chi connectivity index (χ0v) is 9.87. The summed E-state index contributed by atoms with van der Waals surface area (Å²) in [4.78, 5) is 11.7. The highest BCUT2D eigenvalue weighted by Crippen LogP contribution is 2.20. The number of nitrogens with two attached hydrogens (primary N) is 1. The van der Waals surface area contributed by atoms with Crippen LogP contribution in [0.4, 0.5) is 0 Å². The zero-order chi connectivity index (χ0) is 11.3. The number of ether oxygens (including phenoxy) is 1. The van der Waals surface area contributed by atoms with Crippen molar-refractivity contribution in [2.45, 2.75) is 45.6 Å². The van der Waals surface area contributed by atoms with E-state index < -0.39 is 0 Å². The van der Waals surface area contributed by atoms with Crippen LogP contribution in [0, 0.1) is 11.8 Å². The van der Waals surface area contributed by atoms with Gasteiger partial charge in [0, 0.05) is 32.1 Å². The number of Topliss-reactive ketones (excluding diaryl/α,β-unsaturated/α-hetero) is 1. The summed E-state index contributed by atoms with van der Waals surface area (Å²) in [5.74, 6) is 1.25. The SMILES string of the molecule is CC(C)C(N)CC(=O)CC1CCOCC1. The van der Waals surface area contributed by atoms with Gasteiger partial charge in [-0.15, -0.1) is 0 Å². The Morgan fingerprint density at radius 3 is 2.53 bits per heavy atom. The fourth-order valence-electron chi connectivity index (χ4n) is 1.85. The van der Waals surface area contributed by atoms with Crippen LogP contribution < -0.4 is 5.73 Å². The summed E-state index contributed by atoms with van der Waals surface area (Å²) < 4.78 is 5.26. The highest BCUT2D eigenvalue weighted by Gasteiger charge is 2.19. The van der Waals surface area contributed by atoms with Gasteiger partial charge in [0.15, 0.2) is 0 Å². The molecule has 3 nitrogen and oxygen atoms in total. The first-order valence-electron chi connectivity index (χ1n) is 5.94. The van der Waals surface area contributed by atoms with Crippen LogP contribution in [-0.4, -0.2) is 25.0 Å². The molecule has 3 heteroatoms. The Labute approximate surface area is 92.4 Å². The van der Waals surface area contributed by atoms with Crippen molar-refractivity contribution in [3.05, 3.63) is 0 Å². The van der Waals surface area contributed by atoms with Crippen molar-refractivity contribution in [2.75, 3.05) is 13.2 Å². The number of carbonyl (C=O) groups excluding carboxylic acids is 1. The minimum atomic E-state index is 0.0253. The third-order valence-electron chi connectivity index (χ3n) is 3.18. The lowest BCUT2D eigenvalue weighted by atomic mass is 9.90. The molecule has 0 amide bonds. The van der Waals surface area contributed by atoms with E-state index in [-0.39, 0.29) is 6.04 Å². The van der Waals surface area contributed by atoms with Crippen LogP contribution in [0.5, 0.6) is 0 Å². The third kappa shape index (κ3) is 4.76. The summed E-state index contributed by atoms with van der Waals surface area (Å²) in [5.41, 5.74) is 5.88. The predicted molar refractivity (Wildman–Crippen MR) is 60.6 cm³/mol. The van der Waals surface area contributed by atoms with E-state index in [9.17, 15) is 4.79 Å². The Morgan fingerprint density at radius 2 is 2.00 bits per heavy atom. The molecule has 1 atom stereocenters. The maximum atomic E-state index is 11.7. The standard InChI is InChI=1S/C12H23NO2/c1-9(2)12(13)8-11(14)7-10-3-5-15-6-4-10/h9-10,12H,3-8,13H2,1-2H3. The minimum absolute atomic E-state index is 0.0253. The van der Waals surface area contributed by atoms with Gasteiger partial charge in [-0.3, -0.25) is 4.79 Å². The Bertz CT molecular complexity index is 198. The highest BCUT2D eigenvalue weighted by atomic mass is 16.5. The van der Waals surface area contributed by atoms with Gasteiger partial charge in [0.2, 0.25) is 0 Å². The number of hydrogen-bond acceptors (Lipinski definition) is 3. The van der Waals surface area contributed by atoms with Crippen LogP contribution in [0.15, 0.2) is 0 Å². The lowest BCUT2D eigenvalue weighted by Gasteiger charge is -2.22. The van der Waals surface area contributed by atoms with Gasteiger partial charge in [-0.25, -0.2) is 0 Å². The molecule has 1 fully saturated rings. The average Bonchev–Trinajstić information content (AvgIpc) is 2.18. The van der Waals surface area contributed by atoms with E-state index in [2.05, 4.69) is 13.8 Å². The van der Waals surface area contributed by atoms with Gasteiger partial charge in [-0.1, -0.05) is 13.8 Å². The van der Waals surface area contributed by atoms with Gasteiger partial charge in [-0.05, 0) is 24.7 Å². The number of ketones is 1. The fraction of sp³-hybridized carbons (Fsp3) is 0.917. The van der Waals surface area contributed by atoms with E-state index >= 15 is 0 Å². The van der Waals surface area contributed by atoms with Crippen molar-refractivity contribution >= 4 is 5.78 Å². The molecule has 0 bridgehead atoms. The molecule has 1 saturated heterocycles. The highest BCUT2D eigenvalue weighted by molar-refractivity contribution is 5.79. The van der Waals surface area contributed by atoms with E-state index in [4.69, 9.17) is 10.5 Å². The van der Waals surface area contributed by atoms with Crippen molar-refractivity contribution < 1.29 is 9.53 Å². The maximum Gasteiger partial charge on any atom is 0.134 e. The first-order chi connectivity index (χ1) is 7.09. The molecule has 1 unspecified atom stereocenters. The van der Waals surface area contributed by atoms with E-state index in [1.165, 1.54) is 0 Å². The van der Waals surface area contributed by atoms with Gasteiger partial charge in [0.05, 0.1) is 0 Å². The summed E-state index contributed by atoms with van der Waals surface area (Å²) >= 11 is 0. The molecule has 1 aliphatic rings. The largest absolute Gasteiger partial charge is 0.381 e. The molecule has 88 valence electrons. The summed E-state index contributed by atoms with van der Waals surface area (Å²) in [7, 11) is 0. The molecule has 0 aliphatic carbocycles. The molecule has 1 rings (SSSR count). The Hall–Kier alpha value is -0.410. The van der Waals surface area contributed by atoms with Crippen molar-refractivity contribution in [1.82, 2.24) is 0 Å². The fourth-order valence-corrected chi connectivity index (χ4v) is 1.85. The molecule has 0 aromatic heterocycles. The van der Waals surface area contributed by atoms with Crippen molar-refractivity contribution in [3.63, 3.8) is 0 Å². The maximum absolute atomic E-state index is 11.7. The second kappa shape index (κ2) is 6.23. The topological polar surface area (TPSA) is 52.3 Å². The third-order valence-corrected chi connectivity index (χ3v) is 3.18. The zero-order valence-electron chi connectivity index (χ0n) is 9.87. The lowest BCUT2D eigenvalue weighted by Crippen LogP contribution is -2.30. The molecule has 2 N–H and O–H groups in total. The van der Waals surface area contributed by atoms with Gasteiger partial charge in [0.25, 0.3) is 0 Å². The average molecular weight is 213 g/mol. The van der Waals surface area contributed by atoms with E-state index in [0.717, 1.165) is 26.1 Å². The Morgan fingerprint density at radius 1 is 1.40 bits per heavy atom. The molecule has 15 heavy (non-hydrogen) atoms. The van der Waals surface area contributed by atoms with Crippen molar-refractivity contribution in [2.24, 2.45) is 17.6 Å². The van der Waals surface area contributed by atoms with Crippen molar-refractivity contribution in [1.29, 1.82) is 0 Å². The number of rotatable bonds is 5. The van der Waals surface area contributed by atoms with E-state index in [0.29, 0.717) is 30.5 Å². The van der Waals surface area contributed by atoms with Crippen LogP contribution in [0.25, 0.3) is 0 Å². The van der Waals surface area contributed by atoms with Gasteiger partial charge >= 0.3 is 0 Å². The monoisotopic (exact) mass is 213 g/mol. The first-order valence-corrected chi connectivity index (χ1v) is 5.94. The summed E-state index contributed by atoms with van der Waals surface area (Å²) in [6, 6.07) is 0.0253. The summed E-state index contributed by atoms with van der Waals surface area (Å²) in [6.45, 7) is 5.75. The van der Waals surface area contributed by atoms with Crippen LogP contribution in [-0.2, 0) is 9.53 Å². The quantitative estimate of drug-likeness (QED) is 0.757. The first kappa shape index (κ1) is 12.7. The molecule has 1 aliphatic heterocycles. The van der Waals surface area contributed by atoms with Crippen LogP contribution in [0.2, 0.25) is 0 Å². The van der Waals surface area contributed by atoms with Gasteiger partial charge in [-0.2, -0.15) is 0 Å². The van der Waals surface area contributed by atoms with Gasteiger partial charge in [0.1, 0.15) is 5.78 Å². The van der Waals surface area contributed by atoms with Crippen molar-refractivity contribution in [3.8, 4) is 0 Å². The van der Waals surface area contributed by atoms with Crippen LogP contribution in [0.3, 0.4) is 0 Å². The predicted octanol–water partition coefficient (Wildman–Crippen LogP) is 1.75. The summed E-state index contributed by atoms with van der Waals surface area (Å²) in [5, 5.41) is 0. The van der Waals surface area contributed by atoms with Crippen LogP contribution >= 0.6 is 0 Å². The van der Waals surface area contributed by atoms with Gasteiger partial charge < -0.3 is 10.5 Å². The Balaban J connectivity index is 2.22. The smallest absolute Gasteiger partial charge is 0.134 e. The molecule has 0 aromatic rings. The Kier molecular flexibility index (Phi) is 5.26. The number of carbonyl (C=O) groups is 1. The molecule has 0 spiro atoms. The number of hydrogen-bond donors (Lipinski definition) is 1. The molecule has 0 radical (unpaired) electrons. The lowest BCUT2D eigenvalue weighted by molar-refractivity contribution is -0.121. The summed E-state index contributed by atoms with van der Waals surface area (Å²) in [6.07, 6.45) is 3.30. The molecule has 0 aromatic carbocycles. The molecular formula is C12H23NO2. The minimum Gasteiger partial charge on any atom is -0.381 e. The second-order valence-electron chi connectivity index (χ2n) is 4.91. The second-order valence-corrected chi connectivity index (χ2v) is 4.91. The normalized spacial score (nSPS) is 20.5.